The van der Waals surface area contributed by atoms with Crippen LogP contribution in [0.15, 0.2) is 22.1 Å². The van der Waals surface area contributed by atoms with Crippen molar-refractivity contribution in [1.29, 1.82) is 0 Å². The van der Waals surface area contributed by atoms with Crippen LogP contribution in [-0.4, -0.2) is 69.0 Å². The highest BCUT2D eigenvalue weighted by Crippen LogP contribution is 2.25. The summed E-state index contributed by atoms with van der Waals surface area (Å²) in [7, 11) is 0. The molecule has 0 saturated carbocycles. The SMILES string of the molecule is Cc1nonc1CN1CCN(C(=O)C2CCC(=O)N2Cc2cccs2)CC1. The number of piperazine rings is 1. The van der Waals surface area contributed by atoms with E-state index < -0.39 is 0 Å². The monoisotopic (exact) mass is 389 g/mol. The first-order valence-corrected chi connectivity index (χ1v) is 10.1. The summed E-state index contributed by atoms with van der Waals surface area (Å²) >= 11 is 1.62. The molecule has 2 aromatic rings. The summed E-state index contributed by atoms with van der Waals surface area (Å²) in [5.41, 5.74) is 1.65. The summed E-state index contributed by atoms with van der Waals surface area (Å²) < 4.78 is 4.75. The Hall–Kier alpha value is -2.26. The average molecular weight is 389 g/mol. The lowest BCUT2D eigenvalue weighted by atomic mass is 10.1. The topological polar surface area (TPSA) is 82.8 Å². The predicted molar refractivity (Wildman–Crippen MR) is 98.8 cm³/mol. The summed E-state index contributed by atoms with van der Waals surface area (Å²) in [5, 5.41) is 9.74. The third kappa shape index (κ3) is 3.89. The molecule has 1 atom stereocenters. The van der Waals surface area contributed by atoms with Gasteiger partial charge >= 0.3 is 0 Å². The number of rotatable bonds is 5. The third-order valence-electron chi connectivity index (χ3n) is 5.32. The molecule has 2 saturated heterocycles. The zero-order valence-corrected chi connectivity index (χ0v) is 16.2. The van der Waals surface area contributed by atoms with Crippen molar-refractivity contribution >= 4 is 23.2 Å². The molecule has 1 unspecified atom stereocenters. The van der Waals surface area contributed by atoms with Crippen LogP contribution in [-0.2, 0) is 22.7 Å². The summed E-state index contributed by atoms with van der Waals surface area (Å²) in [6.07, 6.45) is 1.08. The molecule has 2 amide bonds. The maximum absolute atomic E-state index is 13.0. The van der Waals surface area contributed by atoms with E-state index in [0.29, 0.717) is 39.0 Å². The lowest BCUT2D eigenvalue weighted by Crippen LogP contribution is -2.53. The second-order valence-corrected chi connectivity index (χ2v) is 8.09. The van der Waals surface area contributed by atoms with Gasteiger partial charge in [0.25, 0.3) is 0 Å². The van der Waals surface area contributed by atoms with E-state index in [1.54, 1.807) is 16.2 Å². The number of carbonyl (C=O) groups is 2. The molecule has 0 bridgehead atoms. The molecular formula is C18H23N5O3S. The molecule has 4 rings (SSSR count). The fraction of sp³-hybridized carbons (Fsp3) is 0.556. The molecule has 0 N–H and O–H groups in total. The van der Waals surface area contributed by atoms with E-state index in [2.05, 4.69) is 15.2 Å². The normalized spacial score (nSPS) is 21.2. The highest BCUT2D eigenvalue weighted by atomic mass is 32.1. The van der Waals surface area contributed by atoms with E-state index in [9.17, 15) is 9.59 Å². The molecule has 0 aliphatic carbocycles. The van der Waals surface area contributed by atoms with Crippen molar-refractivity contribution in [1.82, 2.24) is 25.0 Å². The Morgan fingerprint density at radius 1 is 1.26 bits per heavy atom. The predicted octanol–water partition coefficient (Wildman–Crippen LogP) is 1.27. The minimum absolute atomic E-state index is 0.0781. The Balaban J connectivity index is 1.34. The van der Waals surface area contributed by atoms with Gasteiger partial charge in [-0.25, -0.2) is 4.63 Å². The van der Waals surface area contributed by atoms with Crippen molar-refractivity contribution in [3.8, 4) is 0 Å². The van der Waals surface area contributed by atoms with Gasteiger partial charge < -0.3 is 9.80 Å². The highest BCUT2D eigenvalue weighted by Gasteiger charge is 2.39. The van der Waals surface area contributed by atoms with Gasteiger partial charge in [-0.3, -0.25) is 14.5 Å². The summed E-state index contributed by atoms with van der Waals surface area (Å²) in [6, 6.07) is 3.66. The Morgan fingerprint density at radius 3 is 2.74 bits per heavy atom. The van der Waals surface area contributed by atoms with Crippen LogP contribution in [0.5, 0.6) is 0 Å². The number of amides is 2. The number of aryl methyl sites for hydroxylation is 1. The van der Waals surface area contributed by atoms with Crippen LogP contribution in [0.3, 0.4) is 0 Å². The van der Waals surface area contributed by atoms with Crippen LogP contribution in [0.1, 0.15) is 29.1 Å². The largest absolute Gasteiger partial charge is 0.338 e. The second kappa shape index (κ2) is 7.77. The van der Waals surface area contributed by atoms with Gasteiger partial charge in [-0.05, 0) is 24.8 Å². The van der Waals surface area contributed by atoms with Crippen molar-refractivity contribution in [3.05, 3.63) is 33.8 Å². The molecule has 4 heterocycles. The zero-order chi connectivity index (χ0) is 18.8. The van der Waals surface area contributed by atoms with E-state index in [1.165, 1.54) is 0 Å². The molecule has 2 aliphatic heterocycles. The van der Waals surface area contributed by atoms with E-state index in [-0.39, 0.29) is 17.9 Å². The van der Waals surface area contributed by atoms with Gasteiger partial charge in [-0.15, -0.1) is 11.3 Å². The van der Waals surface area contributed by atoms with Crippen LogP contribution in [0.4, 0.5) is 0 Å². The van der Waals surface area contributed by atoms with Crippen molar-refractivity contribution in [2.45, 2.75) is 38.9 Å². The molecule has 0 radical (unpaired) electrons. The van der Waals surface area contributed by atoms with E-state index in [1.807, 2.05) is 29.3 Å². The standard InChI is InChI=1S/C18H23N5O3S/c1-13-15(20-26-19-13)12-21-6-8-22(9-7-21)18(25)16-4-5-17(24)23(16)11-14-3-2-10-27-14/h2-3,10,16H,4-9,11-12H2,1H3. The molecule has 27 heavy (non-hydrogen) atoms. The number of thiophene rings is 1. The number of carbonyl (C=O) groups excluding carboxylic acids is 2. The Kier molecular flexibility index (Phi) is 5.22. The van der Waals surface area contributed by atoms with E-state index >= 15 is 0 Å². The Bertz CT molecular complexity index is 798. The number of aromatic nitrogens is 2. The molecule has 8 nitrogen and oxygen atoms in total. The van der Waals surface area contributed by atoms with Crippen LogP contribution in [0.2, 0.25) is 0 Å². The van der Waals surface area contributed by atoms with Crippen LogP contribution < -0.4 is 0 Å². The molecular weight excluding hydrogens is 366 g/mol. The van der Waals surface area contributed by atoms with Gasteiger partial charge in [-0.1, -0.05) is 16.4 Å². The minimum atomic E-state index is -0.326. The van der Waals surface area contributed by atoms with Gasteiger partial charge in [0.05, 0.1) is 6.54 Å². The maximum Gasteiger partial charge on any atom is 0.245 e. The number of nitrogens with zero attached hydrogens (tertiary/aromatic N) is 5. The third-order valence-corrected chi connectivity index (χ3v) is 6.18. The number of hydrogen-bond donors (Lipinski definition) is 0. The summed E-state index contributed by atoms with van der Waals surface area (Å²) in [6.45, 7) is 5.99. The lowest BCUT2D eigenvalue weighted by Gasteiger charge is -2.37. The smallest absolute Gasteiger partial charge is 0.245 e. The fourth-order valence-corrected chi connectivity index (χ4v) is 4.40. The van der Waals surface area contributed by atoms with Crippen molar-refractivity contribution < 1.29 is 14.2 Å². The lowest BCUT2D eigenvalue weighted by molar-refractivity contribution is -0.143. The van der Waals surface area contributed by atoms with Crippen molar-refractivity contribution in [2.24, 2.45) is 0 Å². The number of likely N-dealkylation sites (tertiary alicyclic amines) is 1. The second-order valence-electron chi connectivity index (χ2n) is 7.05. The van der Waals surface area contributed by atoms with Crippen molar-refractivity contribution in [2.75, 3.05) is 26.2 Å². The Labute approximate surface area is 161 Å². The highest BCUT2D eigenvalue weighted by molar-refractivity contribution is 7.09. The molecule has 0 spiro atoms. The maximum atomic E-state index is 13.0. The van der Waals surface area contributed by atoms with Crippen molar-refractivity contribution in [3.63, 3.8) is 0 Å². The number of hydrogen-bond acceptors (Lipinski definition) is 7. The van der Waals surface area contributed by atoms with Crippen LogP contribution in [0, 0.1) is 6.92 Å². The van der Waals surface area contributed by atoms with Crippen LogP contribution in [0.25, 0.3) is 0 Å². The first-order valence-electron chi connectivity index (χ1n) is 9.23. The fourth-order valence-electron chi connectivity index (χ4n) is 3.70. The molecule has 9 heteroatoms. The Morgan fingerprint density at radius 2 is 2.07 bits per heavy atom. The summed E-state index contributed by atoms with van der Waals surface area (Å²) in [5.74, 6) is 0.158. The van der Waals surface area contributed by atoms with Gasteiger partial charge in [0, 0.05) is 44.0 Å². The van der Waals surface area contributed by atoms with Gasteiger partial charge in [-0.2, -0.15) is 0 Å². The quantitative estimate of drug-likeness (QED) is 0.766. The molecule has 2 fully saturated rings. The van der Waals surface area contributed by atoms with Gasteiger partial charge in [0.2, 0.25) is 11.8 Å². The first kappa shape index (κ1) is 18.1. The molecule has 144 valence electrons. The average Bonchev–Trinajstić information content (AvgIpc) is 3.40. The molecule has 2 aliphatic rings. The van der Waals surface area contributed by atoms with Gasteiger partial charge in [0.1, 0.15) is 17.4 Å². The first-order chi connectivity index (χ1) is 13.1. The molecule has 0 aromatic carbocycles. The zero-order valence-electron chi connectivity index (χ0n) is 15.3. The van der Waals surface area contributed by atoms with E-state index in [0.717, 1.165) is 29.4 Å². The summed E-state index contributed by atoms with van der Waals surface area (Å²) in [4.78, 5) is 32.3. The van der Waals surface area contributed by atoms with E-state index in [4.69, 9.17) is 4.63 Å². The van der Waals surface area contributed by atoms with Crippen LogP contribution >= 0.6 is 11.3 Å². The van der Waals surface area contributed by atoms with Gasteiger partial charge in [0.15, 0.2) is 0 Å². The molecule has 2 aromatic heterocycles. The minimum Gasteiger partial charge on any atom is -0.338 e.